The van der Waals surface area contributed by atoms with E-state index < -0.39 is 21.6 Å². The van der Waals surface area contributed by atoms with Crippen LogP contribution in [0.2, 0.25) is 5.02 Å². The van der Waals surface area contributed by atoms with Crippen LogP contribution in [-0.4, -0.2) is 13.5 Å². The van der Waals surface area contributed by atoms with E-state index in [1.807, 2.05) is 6.07 Å². The molecule has 0 aliphatic carbocycles. The van der Waals surface area contributed by atoms with Crippen molar-refractivity contribution in [3.8, 4) is 11.8 Å². The lowest BCUT2D eigenvalue weighted by Crippen LogP contribution is -2.11. The number of benzene rings is 1. The second kappa shape index (κ2) is 5.28. The van der Waals surface area contributed by atoms with Crippen molar-refractivity contribution in [3.05, 3.63) is 40.0 Å². The van der Waals surface area contributed by atoms with E-state index >= 15 is 0 Å². The van der Waals surface area contributed by atoms with Gasteiger partial charge in [0, 0.05) is 6.07 Å². The number of halogens is 2. The number of rotatable bonds is 3. The Kier molecular flexibility index (Phi) is 3.85. The Hall–Kier alpha value is -1.82. The summed E-state index contributed by atoms with van der Waals surface area (Å²) < 4.78 is 39.1. The standard InChI is InChI=1S/C11H6ClFN2O3S2/c12-7-3-9(10(16)4-8(7)13)15-20(17,18)11-2-1-6(5-14)19-11/h1-4,15-16H. The van der Waals surface area contributed by atoms with E-state index in [2.05, 4.69) is 4.72 Å². The average Bonchev–Trinajstić information content (AvgIpc) is 2.85. The lowest BCUT2D eigenvalue weighted by Gasteiger charge is -2.09. The average molecular weight is 333 g/mol. The highest BCUT2D eigenvalue weighted by molar-refractivity contribution is 7.94. The number of phenolic OH excluding ortho intramolecular Hbond substituents is 1. The maximum Gasteiger partial charge on any atom is 0.271 e. The first kappa shape index (κ1) is 14.6. The second-order valence-electron chi connectivity index (χ2n) is 3.62. The molecule has 2 rings (SSSR count). The fraction of sp³-hybridized carbons (Fsp3) is 0. The van der Waals surface area contributed by atoms with Crippen LogP contribution in [0.15, 0.2) is 28.5 Å². The molecule has 5 nitrogen and oxygen atoms in total. The van der Waals surface area contributed by atoms with Crippen LogP contribution in [0, 0.1) is 17.1 Å². The summed E-state index contributed by atoms with van der Waals surface area (Å²) in [5.74, 6) is -1.46. The fourth-order valence-corrected chi connectivity index (χ4v) is 3.67. The molecule has 20 heavy (non-hydrogen) atoms. The second-order valence-corrected chi connectivity index (χ2v) is 7.02. The van der Waals surface area contributed by atoms with Crippen molar-refractivity contribution >= 4 is 38.6 Å². The summed E-state index contributed by atoms with van der Waals surface area (Å²) in [7, 11) is -3.98. The summed E-state index contributed by atoms with van der Waals surface area (Å²) in [6.45, 7) is 0. The molecule has 1 aromatic carbocycles. The van der Waals surface area contributed by atoms with Crippen LogP contribution >= 0.6 is 22.9 Å². The monoisotopic (exact) mass is 332 g/mol. The maximum atomic E-state index is 13.1. The van der Waals surface area contributed by atoms with Crippen LogP contribution in [0.3, 0.4) is 0 Å². The Balaban J connectivity index is 2.38. The van der Waals surface area contributed by atoms with E-state index in [-0.39, 0.29) is 19.8 Å². The molecule has 0 amide bonds. The molecule has 9 heteroatoms. The maximum absolute atomic E-state index is 13.1. The Morgan fingerprint density at radius 1 is 1.40 bits per heavy atom. The quantitative estimate of drug-likeness (QED) is 0.845. The van der Waals surface area contributed by atoms with Gasteiger partial charge in [0.25, 0.3) is 10.0 Å². The number of nitrogens with zero attached hydrogens (tertiary/aromatic N) is 1. The number of phenols is 1. The molecule has 0 unspecified atom stereocenters. The molecule has 0 aliphatic rings. The molecular weight excluding hydrogens is 327 g/mol. The molecule has 0 atom stereocenters. The molecule has 0 fully saturated rings. The van der Waals surface area contributed by atoms with Gasteiger partial charge in [0.05, 0.1) is 10.7 Å². The number of hydrogen-bond donors (Lipinski definition) is 2. The van der Waals surface area contributed by atoms with Gasteiger partial charge in [0.2, 0.25) is 0 Å². The van der Waals surface area contributed by atoms with Crippen molar-refractivity contribution < 1.29 is 17.9 Å². The van der Waals surface area contributed by atoms with Crippen LogP contribution in [0.25, 0.3) is 0 Å². The number of anilines is 1. The molecule has 0 saturated carbocycles. The van der Waals surface area contributed by atoms with Gasteiger partial charge in [-0.1, -0.05) is 11.6 Å². The SMILES string of the molecule is N#Cc1ccc(S(=O)(=O)Nc2cc(Cl)c(F)cc2O)s1. The van der Waals surface area contributed by atoms with Crippen LogP contribution in [0.4, 0.5) is 10.1 Å². The predicted molar refractivity (Wildman–Crippen MR) is 72.9 cm³/mol. The van der Waals surface area contributed by atoms with Crippen molar-refractivity contribution in [2.24, 2.45) is 0 Å². The lowest BCUT2D eigenvalue weighted by atomic mass is 10.3. The topological polar surface area (TPSA) is 90.2 Å². The number of thiophene rings is 1. The van der Waals surface area contributed by atoms with E-state index in [0.717, 1.165) is 17.4 Å². The van der Waals surface area contributed by atoms with Gasteiger partial charge in [0.15, 0.2) is 0 Å². The predicted octanol–water partition coefficient (Wildman–Crippen LogP) is 2.92. The highest BCUT2D eigenvalue weighted by atomic mass is 35.5. The molecule has 0 radical (unpaired) electrons. The van der Waals surface area contributed by atoms with Gasteiger partial charge in [-0.15, -0.1) is 11.3 Å². The molecule has 104 valence electrons. The summed E-state index contributed by atoms with van der Waals surface area (Å²) in [6, 6.07) is 6.10. The Bertz CT molecular complexity index is 812. The molecular formula is C11H6ClFN2O3S2. The smallest absolute Gasteiger partial charge is 0.271 e. The molecule has 0 aliphatic heterocycles. The largest absolute Gasteiger partial charge is 0.506 e. The van der Waals surface area contributed by atoms with Crippen molar-refractivity contribution in [2.75, 3.05) is 4.72 Å². The van der Waals surface area contributed by atoms with Crippen LogP contribution in [0.1, 0.15) is 4.88 Å². The molecule has 1 heterocycles. The summed E-state index contributed by atoms with van der Waals surface area (Å²) in [6.07, 6.45) is 0. The van der Waals surface area contributed by atoms with Crippen molar-refractivity contribution in [1.29, 1.82) is 5.26 Å². The zero-order valence-electron chi connectivity index (χ0n) is 9.59. The minimum atomic E-state index is -3.98. The number of nitrogens with one attached hydrogen (secondary N) is 1. The number of sulfonamides is 1. The van der Waals surface area contributed by atoms with Gasteiger partial charge < -0.3 is 5.11 Å². The zero-order chi connectivity index (χ0) is 14.9. The zero-order valence-corrected chi connectivity index (χ0v) is 12.0. The summed E-state index contributed by atoms with van der Waals surface area (Å²) in [4.78, 5) is 0.228. The molecule has 0 saturated heterocycles. The third kappa shape index (κ3) is 2.85. The van der Waals surface area contributed by atoms with E-state index in [1.54, 1.807) is 0 Å². The molecule has 0 spiro atoms. The summed E-state index contributed by atoms with van der Waals surface area (Å²) in [5, 5.41) is 17.8. The van der Waals surface area contributed by atoms with Crippen LogP contribution < -0.4 is 4.72 Å². The van der Waals surface area contributed by atoms with Crippen LogP contribution in [0.5, 0.6) is 5.75 Å². The minimum absolute atomic E-state index is 0.103. The van der Waals surface area contributed by atoms with Crippen molar-refractivity contribution in [1.82, 2.24) is 0 Å². The van der Waals surface area contributed by atoms with Crippen LogP contribution in [-0.2, 0) is 10.0 Å². The Labute approximate surface area is 122 Å². The summed E-state index contributed by atoms with van der Waals surface area (Å²) >= 11 is 6.30. The molecule has 0 bridgehead atoms. The third-order valence-corrected chi connectivity index (χ3v) is 5.38. The third-order valence-electron chi connectivity index (χ3n) is 2.24. The lowest BCUT2D eigenvalue weighted by molar-refractivity contribution is 0.471. The number of aromatic hydroxyl groups is 1. The molecule has 2 aromatic rings. The fourth-order valence-electron chi connectivity index (χ4n) is 1.34. The first-order chi connectivity index (χ1) is 9.33. The first-order valence-corrected chi connectivity index (χ1v) is 7.72. The Morgan fingerprint density at radius 2 is 2.10 bits per heavy atom. The van der Waals surface area contributed by atoms with Crippen molar-refractivity contribution in [2.45, 2.75) is 4.21 Å². The van der Waals surface area contributed by atoms with Gasteiger partial charge >= 0.3 is 0 Å². The first-order valence-electron chi connectivity index (χ1n) is 5.04. The van der Waals surface area contributed by atoms with Gasteiger partial charge in [-0.05, 0) is 18.2 Å². The van der Waals surface area contributed by atoms with Gasteiger partial charge in [0.1, 0.15) is 26.7 Å². The van der Waals surface area contributed by atoms with Gasteiger partial charge in [-0.2, -0.15) is 5.26 Å². The normalized spacial score (nSPS) is 11.1. The van der Waals surface area contributed by atoms with Crippen molar-refractivity contribution in [3.63, 3.8) is 0 Å². The van der Waals surface area contributed by atoms with E-state index in [9.17, 15) is 17.9 Å². The Morgan fingerprint density at radius 3 is 2.70 bits per heavy atom. The van der Waals surface area contributed by atoms with E-state index in [4.69, 9.17) is 16.9 Å². The highest BCUT2D eigenvalue weighted by Gasteiger charge is 2.19. The summed E-state index contributed by atoms with van der Waals surface area (Å²) in [5.41, 5.74) is -0.247. The number of nitriles is 1. The molecule has 1 aromatic heterocycles. The minimum Gasteiger partial charge on any atom is -0.506 e. The van der Waals surface area contributed by atoms with Gasteiger partial charge in [-0.3, -0.25) is 4.72 Å². The number of hydrogen-bond acceptors (Lipinski definition) is 5. The van der Waals surface area contributed by atoms with E-state index in [0.29, 0.717) is 6.07 Å². The molecule has 2 N–H and O–H groups in total. The highest BCUT2D eigenvalue weighted by Crippen LogP contribution is 2.32. The van der Waals surface area contributed by atoms with Gasteiger partial charge in [-0.25, -0.2) is 12.8 Å². The van der Waals surface area contributed by atoms with E-state index in [1.165, 1.54) is 12.1 Å².